The predicted molar refractivity (Wildman–Crippen MR) is 117 cm³/mol. The summed E-state index contributed by atoms with van der Waals surface area (Å²) in [6.07, 6.45) is 8.33. The van der Waals surface area contributed by atoms with Crippen LogP contribution in [0.1, 0.15) is 32.1 Å². The largest absolute Gasteiger partial charge is 0.493 e. The maximum absolute atomic E-state index is 11.0. The van der Waals surface area contributed by atoms with Gasteiger partial charge in [-0.2, -0.15) is 0 Å². The van der Waals surface area contributed by atoms with Gasteiger partial charge in [-0.05, 0) is 67.3 Å². The van der Waals surface area contributed by atoms with Gasteiger partial charge in [0.25, 0.3) is 0 Å². The Morgan fingerprint density at radius 2 is 1.79 bits per heavy atom. The van der Waals surface area contributed by atoms with Gasteiger partial charge in [-0.3, -0.25) is 4.98 Å². The average Bonchev–Trinajstić information content (AvgIpc) is 2.74. The monoisotopic (exact) mass is 390 g/mol. The number of urea groups is 1. The number of primary amides is 1. The van der Waals surface area contributed by atoms with Crippen molar-refractivity contribution in [1.29, 1.82) is 0 Å². The number of pyridine rings is 1. The number of aromatic nitrogens is 1. The van der Waals surface area contributed by atoms with Gasteiger partial charge >= 0.3 is 6.03 Å². The fraction of sp³-hybridized carbons (Fsp3) is 0.304. The number of amides is 2. The van der Waals surface area contributed by atoms with E-state index in [9.17, 15) is 4.79 Å². The zero-order chi connectivity index (χ0) is 20.1. The third-order valence-corrected chi connectivity index (χ3v) is 5.35. The van der Waals surface area contributed by atoms with Crippen LogP contribution in [0.2, 0.25) is 0 Å². The van der Waals surface area contributed by atoms with Gasteiger partial charge in [-0.1, -0.05) is 19.3 Å². The van der Waals surface area contributed by atoms with E-state index in [1.165, 1.54) is 32.1 Å². The number of anilines is 3. The Hall–Kier alpha value is -3.28. The van der Waals surface area contributed by atoms with E-state index in [1.807, 2.05) is 42.5 Å². The van der Waals surface area contributed by atoms with Crippen LogP contribution in [0, 0.1) is 5.92 Å². The second-order valence-electron chi connectivity index (χ2n) is 7.54. The summed E-state index contributed by atoms with van der Waals surface area (Å²) >= 11 is 0. The zero-order valence-electron chi connectivity index (χ0n) is 16.4. The van der Waals surface area contributed by atoms with E-state index in [-0.39, 0.29) is 0 Å². The molecule has 1 aliphatic carbocycles. The number of nitrogens with zero attached hydrogens (tertiary/aromatic N) is 1. The van der Waals surface area contributed by atoms with Crippen molar-refractivity contribution in [3.63, 3.8) is 0 Å². The summed E-state index contributed by atoms with van der Waals surface area (Å²) in [6.45, 7) is 0.809. The number of benzene rings is 2. The number of carbonyl (C=O) groups is 1. The van der Waals surface area contributed by atoms with Crippen LogP contribution in [0.4, 0.5) is 21.9 Å². The summed E-state index contributed by atoms with van der Waals surface area (Å²) in [4.78, 5) is 15.4. The standard InChI is InChI=1S/C23H26N4O2/c24-23(28)27-18-8-11-20-21(12-13-25-22(20)14-18)26-17-6-9-19(10-7-17)29-15-16-4-2-1-3-5-16/h6-14,16H,1-5,15H2,(H,25,26)(H3,24,27,28). The highest BCUT2D eigenvalue weighted by Gasteiger charge is 2.14. The van der Waals surface area contributed by atoms with Crippen LogP contribution < -0.4 is 21.1 Å². The van der Waals surface area contributed by atoms with E-state index in [2.05, 4.69) is 15.6 Å². The van der Waals surface area contributed by atoms with E-state index in [1.54, 1.807) is 12.3 Å². The van der Waals surface area contributed by atoms with Crippen molar-refractivity contribution in [2.24, 2.45) is 11.7 Å². The molecule has 0 bridgehead atoms. The summed E-state index contributed by atoms with van der Waals surface area (Å²) < 4.78 is 5.98. The minimum atomic E-state index is -0.593. The maximum atomic E-state index is 11.0. The molecular weight excluding hydrogens is 364 g/mol. The Labute approximate surface area is 170 Å². The summed E-state index contributed by atoms with van der Waals surface area (Å²) in [5.74, 6) is 1.60. The van der Waals surface area contributed by atoms with E-state index in [4.69, 9.17) is 10.5 Å². The second kappa shape index (κ2) is 8.82. The zero-order valence-corrected chi connectivity index (χ0v) is 16.4. The first-order valence-electron chi connectivity index (χ1n) is 10.1. The van der Waals surface area contributed by atoms with Crippen LogP contribution >= 0.6 is 0 Å². The molecule has 3 aromatic rings. The molecule has 0 saturated heterocycles. The van der Waals surface area contributed by atoms with Crippen LogP contribution in [0.15, 0.2) is 54.7 Å². The SMILES string of the molecule is NC(=O)Nc1ccc2c(Nc3ccc(OCC4CCCCC4)cc3)ccnc2c1. The molecule has 0 atom stereocenters. The van der Waals surface area contributed by atoms with Gasteiger partial charge in [-0.25, -0.2) is 4.79 Å². The van der Waals surface area contributed by atoms with Crippen molar-refractivity contribution in [2.45, 2.75) is 32.1 Å². The van der Waals surface area contributed by atoms with Gasteiger partial charge < -0.3 is 21.1 Å². The summed E-state index contributed by atoms with van der Waals surface area (Å²) in [6, 6.07) is 14.9. The molecule has 29 heavy (non-hydrogen) atoms. The highest BCUT2D eigenvalue weighted by Crippen LogP contribution is 2.29. The molecule has 150 valence electrons. The molecule has 1 heterocycles. The molecule has 6 nitrogen and oxygen atoms in total. The highest BCUT2D eigenvalue weighted by molar-refractivity contribution is 5.97. The molecule has 2 aromatic carbocycles. The van der Waals surface area contributed by atoms with Crippen LogP contribution in [0.25, 0.3) is 10.9 Å². The number of nitrogens with two attached hydrogens (primary N) is 1. The lowest BCUT2D eigenvalue weighted by molar-refractivity contribution is 0.209. The normalized spacial score (nSPS) is 14.5. The number of ether oxygens (including phenoxy) is 1. The third kappa shape index (κ3) is 4.96. The van der Waals surface area contributed by atoms with Gasteiger partial charge in [0.15, 0.2) is 0 Å². The van der Waals surface area contributed by atoms with Crippen molar-refractivity contribution in [2.75, 3.05) is 17.2 Å². The molecule has 4 N–H and O–H groups in total. The van der Waals surface area contributed by atoms with Crippen LogP contribution in [-0.2, 0) is 0 Å². The Balaban J connectivity index is 1.43. The minimum absolute atomic E-state index is 0.593. The molecule has 0 spiro atoms. The Kier molecular flexibility index (Phi) is 5.79. The van der Waals surface area contributed by atoms with Gasteiger partial charge in [-0.15, -0.1) is 0 Å². The van der Waals surface area contributed by atoms with E-state index < -0.39 is 6.03 Å². The number of hydrogen-bond acceptors (Lipinski definition) is 4. The first-order valence-corrected chi connectivity index (χ1v) is 10.1. The lowest BCUT2D eigenvalue weighted by Crippen LogP contribution is -2.19. The minimum Gasteiger partial charge on any atom is -0.493 e. The molecular formula is C23H26N4O2. The number of nitrogens with one attached hydrogen (secondary N) is 2. The summed E-state index contributed by atoms with van der Waals surface area (Å²) in [5, 5.41) is 6.96. The van der Waals surface area contributed by atoms with Crippen molar-refractivity contribution in [3.8, 4) is 5.75 Å². The lowest BCUT2D eigenvalue weighted by atomic mass is 9.90. The number of fused-ring (bicyclic) bond motifs is 1. The molecule has 2 amide bonds. The molecule has 4 rings (SSSR count). The molecule has 1 aliphatic rings. The molecule has 6 heteroatoms. The van der Waals surface area contributed by atoms with E-state index in [0.29, 0.717) is 11.6 Å². The van der Waals surface area contributed by atoms with Crippen LogP contribution in [-0.4, -0.2) is 17.6 Å². The number of rotatable bonds is 6. The summed E-state index contributed by atoms with van der Waals surface area (Å²) in [5.41, 5.74) is 8.49. The van der Waals surface area contributed by atoms with Crippen molar-refractivity contribution >= 4 is 34.0 Å². The fourth-order valence-electron chi connectivity index (χ4n) is 3.83. The Bertz CT molecular complexity index is 982. The first kappa shape index (κ1) is 19.1. The molecule has 0 aliphatic heterocycles. The Morgan fingerprint density at radius 1 is 1.03 bits per heavy atom. The number of hydrogen-bond donors (Lipinski definition) is 3. The predicted octanol–water partition coefficient (Wildman–Crippen LogP) is 5.43. The Morgan fingerprint density at radius 3 is 2.55 bits per heavy atom. The molecule has 1 aromatic heterocycles. The van der Waals surface area contributed by atoms with Crippen molar-refractivity contribution in [3.05, 3.63) is 54.7 Å². The van der Waals surface area contributed by atoms with Crippen LogP contribution in [0.3, 0.4) is 0 Å². The first-order chi connectivity index (χ1) is 14.2. The summed E-state index contributed by atoms with van der Waals surface area (Å²) in [7, 11) is 0. The lowest BCUT2D eigenvalue weighted by Gasteiger charge is -2.21. The van der Waals surface area contributed by atoms with E-state index >= 15 is 0 Å². The quantitative estimate of drug-likeness (QED) is 0.524. The fourth-order valence-corrected chi connectivity index (χ4v) is 3.83. The van der Waals surface area contributed by atoms with Gasteiger partial charge in [0.2, 0.25) is 0 Å². The maximum Gasteiger partial charge on any atom is 0.316 e. The highest BCUT2D eigenvalue weighted by atomic mass is 16.5. The topological polar surface area (TPSA) is 89.3 Å². The molecule has 1 saturated carbocycles. The second-order valence-corrected chi connectivity index (χ2v) is 7.54. The smallest absolute Gasteiger partial charge is 0.316 e. The van der Waals surface area contributed by atoms with Crippen molar-refractivity contribution in [1.82, 2.24) is 4.98 Å². The van der Waals surface area contributed by atoms with Gasteiger partial charge in [0, 0.05) is 28.6 Å². The molecule has 0 radical (unpaired) electrons. The van der Waals surface area contributed by atoms with E-state index in [0.717, 1.165) is 34.6 Å². The van der Waals surface area contributed by atoms with Crippen LogP contribution in [0.5, 0.6) is 5.75 Å². The third-order valence-electron chi connectivity index (χ3n) is 5.35. The number of carbonyl (C=O) groups excluding carboxylic acids is 1. The average molecular weight is 390 g/mol. The van der Waals surface area contributed by atoms with Crippen molar-refractivity contribution < 1.29 is 9.53 Å². The molecule has 0 unspecified atom stereocenters. The molecule has 1 fully saturated rings. The van der Waals surface area contributed by atoms with Gasteiger partial charge in [0.1, 0.15) is 5.75 Å². The van der Waals surface area contributed by atoms with Gasteiger partial charge in [0.05, 0.1) is 12.1 Å².